The second-order valence-corrected chi connectivity index (χ2v) is 5.55. The van der Waals surface area contributed by atoms with Crippen molar-refractivity contribution in [2.24, 2.45) is 0 Å². The second kappa shape index (κ2) is 7.17. The Morgan fingerprint density at radius 2 is 1.88 bits per heavy atom. The third-order valence-electron chi connectivity index (χ3n) is 4.01. The van der Waals surface area contributed by atoms with Crippen LogP contribution in [0.15, 0.2) is 53.3 Å². The van der Waals surface area contributed by atoms with Gasteiger partial charge in [-0.3, -0.25) is 9.59 Å². The molecule has 0 unspecified atom stereocenters. The molecule has 0 radical (unpaired) electrons. The summed E-state index contributed by atoms with van der Waals surface area (Å²) in [6.07, 6.45) is 0. The molecule has 6 heteroatoms. The minimum absolute atomic E-state index is 0.171. The number of ether oxygens (including phenoxy) is 1. The number of nitrogens with zero attached hydrogens (tertiary/aromatic N) is 2. The Bertz CT molecular complexity index is 965. The third-order valence-corrected chi connectivity index (χ3v) is 4.01. The molecule has 0 bridgehead atoms. The number of fused-ring (bicyclic) bond motifs is 1. The summed E-state index contributed by atoms with van der Waals surface area (Å²) in [5.41, 5.74) is 0.887. The van der Waals surface area contributed by atoms with E-state index in [9.17, 15) is 9.59 Å². The number of nitrogens with one attached hydrogen (secondary N) is 1. The average molecular weight is 337 g/mol. The van der Waals surface area contributed by atoms with Gasteiger partial charge in [0.2, 0.25) is 0 Å². The van der Waals surface area contributed by atoms with E-state index in [1.165, 1.54) is 7.11 Å². The Balaban J connectivity index is 1.92. The predicted octanol–water partition coefficient (Wildman–Crippen LogP) is 2.59. The van der Waals surface area contributed by atoms with E-state index < -0.39 is 0 Å². The highest BCUT2D eigenvalue weighted by molar-refractivity contribution is 5.96. The number of hydrogen-bond donors (Lipinski definition) is 1. The van der Waals surface area contributed by atoms with Crippen molar-refractivity contribution in [1.82, 2.24) is 14.9 Å². The highest BCUT2D eigenvalue weighted by atomic mass is 16.5. The van der Waals surface area contributed by atoms with Gasteiger partial charge in [-0.05, 0) is 31.2 Å². The molecule has 0 aliphatic carbocycles. The van der Waals surface area contributed by atoms with Crippen LogP contribution >= 0.6 is 0 Å². The lowest BCUT2D eigenvalue weighted by atomic mass is 10.1. The molecule has 0 fully saturated rings. The first kappa shape index (κ1) is 16.7. The fraction of sp³-hybridized carbons (Fsp3) is 0.211. The summed E-state index contributed by atoms with van der Waals surface area (Å²) < 4.78 is 5.27. The van der Waals surface area contributed by atoms with E-state index in [2.05, 4.69) is 9.97 Å². The molecule has 0 saturated heterocycles. The standard InChI is InChI=1S/C19H19N3O3/c1-3-22(19(24)14-9-5-7-11-16(14)25-2)12-17-20-15-10-6-4-8-13(15)18(23)21-17/h4-11H,3,12H2,1-2H3,(H,20,21,23). The summed E-state index contributed by atoms with van der Waals surface area (Å²) in [7, 11) is 1.53. The maximum absolute atomic E-state index is 12.8. The molecule has 3 rings (SSSR count). The third kappa shape index (κ3) is 3.38. The molecule has 0 spiro atoms. The zero-order valence-corrected chi connectivity index (χ0v) is 14.2. The van der Waals surface area contributed by atoms with Crippen molar-refractivity contribution in [3.8, 4) is 5.75 Å². The van der Waals surface area contributed by atoms with Crippen LogP contribution in [0.25, 0.3) is 10.9 Å². The number of amides is 1. The lowest BCUT2D eigenvalue weighted by molar-refractivity contribution is 0.0745. The van der Waals surface area contributed by atoms with Crippen molar-refractivity contribution < 1.29 is 9.53 Å². The summed E-state index contributed by atoms with van der Waals surface area (Å²) in [5, 5.41) is 0.533. The topological polar surface area (TPSA) is 75.3 Å². The van der Waals surface area contributed by atoms with Crippen molar-refractivity contribution >= 4 is 16.8 Å². The lowest BCUT2D eigenvalue weighted by Crippen LogP contribution is -2.32. The van der Waals surface area contributed by atoms with Gasteiger partial charge in [0.25, 0.3) is 11.5 Å². The molecule has 1 N–H and O–H groups in total. The number of H-pyrrole nitrogens is 1. The van der Waals surface area contributed by atoms with E-state index >= 15 is 0 Å². The van der Waals surface area contributed by atoms with Crippen LogP contribution in [0.2, 0.25) is 0 Å². The van der Waals surface area contributed by atoms with Gasteiger partial charge in [-0.1, -0.05) is 24.3 Å². The molecule has 3 aromatic rings. The van der Waals surface area contributed by atoms with Gasteiger partial charge in [0.05, 0.1) is 30.1 Å². The van der Waals surface area contributed by atoms with E-state index in [4.69, 9.17) is 4.74 Å². The summed E-state index contributed by atoms with van der Waals surface area (Å²) in [5.74, 6) is 0.801. The number of benzene rings is 2. The molecule has 1 amide bonds. The molecular formula is C19H19N3O3. The summed E-state index contributed by atoms with van der Waals surface area (Å²) >= 11 is 0. The number of para-hydroxylation sites is 2. The number of aromatic amines is 1. The summed E-state index contributed by atoms with van der Waals surface area (Å²) in [4.78, 5) is 33.9. The van der Waals surface area contributed by atoms with Crippen LogP contribution in [0.3, 0.4) is 0 Å². The van der Waals surface area contributed by atoms with E-state index in [0.29, 0.717) is 34.6 Å². The largest absolute Gasteiger partial charge is 0.496 e. The lowest BCUT2D eigenvalue weighted by Gasteiger charge is -2.21. The van der Waals surface area contributed by atoms with Gasteiger partial charge in [-0.25, -0.2) is 4.98 Å². The minimum atomic E-state index is -0.207. The maximum atomic E-state index is 12.8. The SMILES string of the molecule is CCN(Cc1nc2ccccc2c(=O)[nH]1)C(=O)c1ccccc1OC. The molecule has 0 saturated carbocycles. The Morgan fingerprint density at radius 1 is 1.16 bits per heavy atom. The van der Waals surface area contributed by atoms with E-state index in [1.54, 1.807) is 41.3 Å². The molecule has 6 nitrogen and oxygen atoms in total. The van der Waals surface area contributed by atoms with Gasteiger partial charge in [0, 0.05) is 6.54 Å². The maximum Gasteiger partial charge on any atom is 0.258 e. The normalized spacial score (nSPS) is 10.6. The van der Waals surface area contributed by atoms with Crippen LogP contribution in [-0.2, 0) is 6.54 Å². The van der Waals surface area contributed by atoms with Gasteiger partial charge < -0.3 is 14.6 Å². The van der Waals surface area contributed by atoms with Gasteiger partial charge in [0.1, 0.15) is 11.6 Å². The quantitative estimate of drug-likeness (QED) is 0.776. The number of aromatic nitrogens is 2. The first-order valence-electron chi connectivity index (χ1n) is 8.04. The van der Waals surface area contributed by atoms with Crippen LogP contribution in [0.5, 0.6) is 5.75 Å². The summed E-state index contributed by atoms with van der Waals surface area (Å²) in [6.45, 7) is 2.58. The number of methoxy groups -OCH3 is 1. The van der Waals surface area contributed by atoms with Gasteiger partial charge in [-0.2, -0.15) is 0 Å². The first-order valence-corrected chi connectivity index (χ1v) is 8.04. The number of rotatable bonds is 5. The monoisotopic (exact) mass is 337 g/mol. The van der Waals surface area contributed by atoms with Crippen molar-refractivity contribution in [3.63, 3.8) is 0 Å². The van der Waals surface area contributed by atoms with E-state index in [1.807, 2.05) is 19.1 Å². The van der Waals surface area contributed by atoms with Crippen LogP contribution in [-0.4, -0.2) is 34.4 Å². The van der Waals surface area contributed by atoms with Crippen LogP contribution in [0.4, 0.5) is 0 Å². The zero-order valence-electron chi connectivity index (χ0n) is 14.2. The van der Waals surface area contributed by atoms with Crippen LogP contribution < -0.4 is 10.3 Å². The smallest absolute Gasteiger partial charge is 0.258 e. The van der Waals surface area contributed by atoms with E-state index in [-0.39, 0.29) is 18.0 Å². The molecule has 0 aliphatic heterocycles. The zero-order chi connectivity index (χ0) is 17.8. The molecule has 1 heterocycles. The molecule has 0 atom stereocenters. The van der Waals surface area contributed by atoms with Crippen molar-refractivity contribution in [3.05, 3.63) is 70.3 Å². The van der Waals surface area contributed by atoms with Gasteiger partial charge >= 0.3 is 0 Å². The second-order valence-electron chi connectivity index (χ2n) is 5.55. The van der Waals surface area contributed by atoms with Crippen LogP contribution in [0, 0.1) is 0 Å². The Labute approximate surface area is 145 Å². The predicted molar refractivity (Wildman–Crippen MR) is 95.8 cm³/mol. The number of carbonyl (C=O) groups excluding carboxylic acids is 1. The van der Waals surface area contributed by atoms with Crippen molar-refractivity contribution in [2.45, 2.75) is 13.5 Å². The van der Waals surface area contributed by atoms with Crippen LogP contribution in [0.1, 0.15) is 23.1 Å². The first-order chi connectivity index (χ1) is 12.1. The Kier molecular flexibility index (Phi) is 4.79. The fourth-order valence-corrected chi connectivity index (χ4v) is 2.71. The van der Waals surface area contributed by atoms with Gasteiger partial charge in [0.15, 0.2) is 0 Å². The Morgan fingerprint density at radius 3 is 2.64 bits per heavy atom. The van der Waals surface area contributed by atoms with E-state index in [0.717, 1.165) is 0 Å². The number of hydrogen-bond acceptors (Lipinski definition) is 4. The average Bonchev–Trinajstić information content (AvgIpc) is 2.65. The molecule has 1 aromatic heterocycles. The Hall–Kier alpha value is -3.15. The highest BCUT2D eigenvalue weighted by Gasteiger charge is 2.19. The molecule has 2 aromatic carbocycles. The molecule has 0 aliphatic rings. The minimum Gasteiger partial charge on any atom is -0.496 e. The van der Waals surface area contributed by atoms with Crippen molar-refractivity contribution in [1.29, 1.82) is 0 Å². The molecule has 128 valence electrons. The summed E-state index contributed by atoms with van der Waals surface area (Å²) in [6, 6.07) is 14.2. The van der Waals surface area contributed by atoms with Crippen molar-refractivity contribution in [2.75, 3.05) is 13.7 Å². The highest BCUT2D eigenvalue weighted by Crippen LogP contribution is 2.20. The van der Waals surface area contributed by atoms with Gasteiger partial charge in [-0.15, -0.1) is 0 Å². The molecule has 25 heavy (non-hydrogen) atoms. The fourth-order valence-electron chi connectivity index (χ4n) is 2.71. The molecular weight excluding hydrogens is 318 g/mol. The number of carbonyl (C=O) groups is 1.